The maximum atomic E-state index is 13.0. The molecule has 0 saturated carbocycles. The summed E-state index contributed by atoms with van der Waals surface area (Å²) in [7, 11) is 0. The summed E-state index contributed by atoms with van der Waals surface area (Å²) in [6.45, 7) is 3.90. The van der Waals surface area contributed by atoms with Crippen LogP contribution in [0.15, 0.2) is 36.1 Å². The van der Waals surface area contributed by atoms with Crippen LogP contribution in [-0.4, -0.2) is 72.8 Å². The number of carbonyl (C=O) groups is 6. The number of carbonyl (C=O) groups excluding carboxylic acids is 6. The van der Waals surface area contributed by atoms with E-state index in [1.165, 1.54) is 12.1 Å². The molecule has 2 aliphatic rings. The van der Waals surface area contributed by atoms with E-state index < -0.39 is 78.5 Å². The van der Waals surface area contributed by atoms with Gasteiger partial charge in [-0.05, 0) is 0 Å². The van der Waals surface area contributed by atoms with Crippen molar-refractivity contribution in [1.82, 2.24) is 0 Å². The number of rotatable bonds is 7. The molecule has 1 aliphatic heterocycles. The lowest BCUT2D eigenvalue weighted by atomic mass is 9.93. The van der Waals surface area contributed by atoms with Gasteiger partial charge in [-0.1, -0.05) is 31.7 Å². The zero-order valence-electron chi connectivity index (χ0n) is 19.9. The molecule has 3 rings (SSSR count). The minimum Gasteiger partial charge on any atom is -0.463 e. The lowest BCUT2D eigenvalue weighted by Gasteiger charge is -2.44. The second-order valence-electron chi connectivity index (χ2n) is 7.93. The first-order chi connectivity index (χ1) is 17.0. The zero-order valence-corrected chi connectivity index (χ0v) is 19.9. The molecule has 0 N–H and O–H groups in total. The van der Waals surface area contributed by atoms with E-state index in [-0.39, 0.29) is 18.6 Å². The van der Waals surface area contributed by atoms with E-state index >= 15 is 0 Å². The highest BCUT2D eigenvalue weighted by atomic mass is 16.7. The fraction of sp³-hybridized carbons (Fsp3) is 0.440. The summed E-state index contributed by atoms with van der Waals surface area (Å²) in [4.78, 5) is 72.6. The maximum Gasteiger partial charge on any atom is 0.303 e. The fourth-order valence-corrected chi connectivity index (χ4v) is 3.79. The molecule has 1 aromatic rings. The Bertz CT molecular complexity index is 1120. The van der Waals surface area contributed by atoms with Gasteiger partial charge in [-0.2, -0.15) is 0 Å². The Morgan fingerprint density at radius 2 is 1.32 bits per heavy atom. The van der Waals surface area contributed by atoms with Crippen molar-refractivity contribution in [3.05, 3.63) is 47.2 Å². The number of hydrogen-bond acceptors (Lipinski definition) is 12. The number of allylic oxidation sites excluding steroid dienone is 2. The SMILES string of the molecule is C.CC(=O)OC[C@H]1O[C@@H](OC2=CC(=O)c3ccccc3C2=O)[C@@H](OC(C)=O)[C@@H](OC(C)=O)[C@@H]1OC(C)=O. The van der Waals surface area contributed by atoms with Gasteiger partial charge in [0.15, 0.2) is 23.8 Å². The molecule has 0 unspecified atom stereocenters. The summed E-state index contributed by atoms with van der Waals surface area (Å²) in [6.07, 6.45) is -6.32. The van der Waals surface area contributed by atoms with Gasteiger partial charge in [0.1, 0.15) is 12.7 Å². The van der Waals surface area contributed by atoms with Crippen molar-refractivity contribution in [3.63, 3.8) is 0 Å². The molecule has 1 aromatic carbocycles. The number of Topliss-reactive ketones (excluding diaryl/α,β-unsaturated/α-hetero) is 1. The topological polar surface area (TPSA) is 158 Å². The third-order valence-corrected chi connectivity index (χ3v) is 5.11. The predicted octanol–water partition coefficient (Wildman–Crippen LogP) is 1.69. The van der Waals surface area contributed by atoms with Crippen LogP contribution < -0.4 is 0 Å². The molecule has 12 nitrogen and oxygen atoms in total. The van der Waals surface area contributed by atoms with Crippen LogP contribution in [0.2, 0.25) is 0 Å². The van der Waals surface area contributed by atoms with Gasteiger partial charge in [0.05, 0.1) is 0 Å². The van der Waals surface area contributed by atoms with E-state index in [1.807, 2.05) is 0 Å². The van der Waals surface area contributed by atoms with Crippen LogP contribution in [0.5, 0.6) is 0 Å². The summed E-state index contributed by atoms with van der Waals surface area (Å²) < 4.78 is 32.4. The third kappa shape index (κ3) is 7.00. The predicted molar refractivity (Wildman–Crippen MR) is 123 cm³/mol. The van der Waals surface area contributed by atoms with Gasteiger partial charge < -0.3 is 28.4 Å². The normalized spacial score (nSPS) is 24.4. The van der Waals surface area contributed by atoms with Crippen LogP contribution in [-0.2, 0) is 47.6 Å². The number of ether oxygens (including phenoxy) is 6. The van der Waals surface area contributed by atoms with Crippen molar-refractivity contribution in [2.45, 2.75) is 65.8 Å². The van der Waals surface area contributed by atoms with Crippen molar-refractivity contribution < 1.29 is 57.2 Å². The van der Waals surface area contributed by atoms with E-state index in [4.69, 9.17) is 28.4 Å². The van der Waals surface area contributed by atoms with E-state index in [2.05, 4.69) is 0 Å². The van der Waals surface area contributed by atoms with E-state index in [9.17, 15) is 28.8 Å². The maximum absolute atomic E-state index is 13.0. The fourth-order valence-electron chi connectivity index (χ4n) is 3.79. The van der Waals surface area contributed by atoms with Gasteiger partial charge in [0, 0.05) is 44.9 Å². The summed E-state index contributed by atoms with van der Waals surface area (Å²) in [5, 5.41) is 0. The molecule has 0 bridgehead atoms. The molecule has 1 saturated heterocycles. The molecule has 5 atom stereocenters. The monoisotopic (exact) mass is 520 g/mol. The summed E-state index contributed by atoms with van der Waals surface area (Å²) in [6, 6.07) is 6.10. The van der Waals surface area contributed by atoms with Crippen molar-refractivity contribution in [2.24, 2.45) is 0 Å². The highest BCUT2D eigenvalue weighted by Crippen LogP contribution is 2.32. The molecule has 1 fully saturated rings. The number of hydrogen-bond donors (Lipinski definition) is 0. The second-order valence-corrected chi connectivity index (χ2v) is 7.93. The molecule has 0 spiro atoms. The largest absolute Gasteiger partial charge is 0.463 e. The highest BCUT2D eigenvalue weighted by molar-refractivity contribution is 6.23. The van der Waals surface area contributed by atoms with E-state index in [0.29, 0.717) is 0 Å². The minimum absolute atomic E-state index is 0. The molecule has 12 heteroatoms. The Labute approximate surface area is 212 Å². The van der Waals surface area contributed by atoms with Crippen LogP contribution in [0.3, 0.4) is 0 Å². The van der Waals surface area contributed by atoms with Crippen molar-refractivity contribution >= 4 is 35.4 Å². The Balaban J connectivity index is 0.00000481. The first-order valence-electron chi connectivity index (χ1n) is 10.8. The number of fused-ring (bicyclic) bond motifs is 1. The third-order valence-electron chi connectivity index (χ3n) is 5.11. The summed E-state index contributed by atoms with van der Waals surface area (Å²) in [5.74, 6) is -4.69. The second kappa shape index (κ2) is 12.3. The zero-order chi connectivity index (χ0) is 26.6. The summed E-state index contributed by atoms with van der Waals surface area (Å²) >= 11 is 0. The molecule has 1 heterocycles. The van der Waals surface area contributed by atoms with Crippen molar-refractivity contribution in [3.8, 4) is 0 Å². The lowest BCUT2D eigenvalue weighted by molar-refractivity contribution is -0.298. The standard InChI is InChI=1S/C24H24O12.CH4/c1-11(25)31-10-19-21(32-12(2)26)22(33-13(3)27)23(34-14(4)28)24(36-19)35-18-9-17(29)15-7-5-6-8-16(15)20(18)30;/h5-9,19,21-24H,10H2,1-4H3;1H4/t19-,21-,22+,23+,24-;/m1./s1. The quantitative estimate of drug-likeness (QED) is 0.379. The Hall–Kier alpha value is -4.06. The number of esters is 4. The molecule has 200 valence electrons. The average molecular weight is 520 g/mol. The van der Waals surface area contributed by atoms with Crippen LogP contribution >= 0.6 is 0 Å². The van der Waals surface area contributed by atoms with E-state index in [0.717, 1.165) is 33.8 Å². The van der Waals surface area contributed by atoms with Crippen molar-refractivity contribution in [1.29, 1.82) is 0 Å². The van der Waals surface area contributed by atoms with Crippen LogP contribution in [0.25, 0.3) is 0 Å². The van der Waals surface area contributed by atoms with Gasteiger partial charge in [-0.15, -0.1) is 0 Å². The Morgan fingerprint density at radius 1 is 0.784 bits per heavy atom. The van der Waals surface area contributed by atoms with Gasteiger partial charge in [0.2, 0.25) is 18.2 Å². The molecular weight excluding hydrogens is 492 g/mol. The van der Waals surface area contributed by atoms with Crippen LogP contribution in [0.1, 0.15) is 55.8 Å². The number of benzene rings is 1. The molecule has 37 heavy (non-hydrogen) atoms. The minimum atomic E-state index is -1.63. The first-order valence-corrected chi connectivity index (χ1v) is 10.8. The van der Waals surface area contributed by atoms with Crippen LogP contribution in [0, 0.1) is 0 Å². The van der Waals surface area contributed by atoms with Crippen molar-refractivity contribution in [2.75, 3.05) is 6.61 Å². The first kappa shape index (κ1) is 29.2. The molecule has 0 radical (unpaired) electrons. The van der Waals surface area contributed by atoms with Gasteiger partial charge in [0.25, 0.3) is 0 Å². The highest BCUT2D eigenvalue weighted by Gasteiger charge is 2.54. The van der Waals surface area contributed by atoms with E-state index in [1.54, 1.807) is 12.1 Å². The molecule has 0 aromatic heterocycles. The number of ketones is 2. The van der Waals surface area contributed by atoms with Gasteiger partial charge in [-0.3, -0.25) is 28.8 Å². The molecule has 0 amide bonds. The van der Waals surface area contributed by atoms with Crippen LogP contribution in [0.4, 0.5) is 0 Å². The molecular formula is C25H28O12. The Morgan fingerprint density at radius 3 is 1.89 bits per heavy atom. The average Bonchev–Trinajstić information content (AvgIpc) is 2.79. The van der Waals surface area contributed by atoms with Gasteiger partial charge >= 0.3 is 23.9 Å². The molecule has 1 aliphatic carbocycles. The van der Waals surface area contributed by atoms with Gasteiger partial charge in [-0.25, -0.2) is 0 Å². The lowest BCUT2D eigenvalue weighted by Crippen LogP contribution is -2.63. The smallest absolute Gasteiger partial charge is 0.303 e. The summed E-state index contributed by atoms with van der Waals surface area (Å²) in [5.41, 5.74) is 0.266. The Kier molecular flexibility index (Phi) is 9.67.